The van der Waals surface area contributed by atoms with Crippen LogP contribution in [0.3, 0.4) is 0 Å². The second-order valence-electron chi connectivity index (χ2n) is 5.93. The van der Waals surface area contributed by atoms with Crippen molar-refractivity contribution in [2.45, 2.75) is 20.4 Å². The molecule has 3 rings (SSSR count). The Morgan fingerprint density at radius 2 is 1.92 bits per heavy atom. The Kier molecular flexibility index (Phi) is 5.48. The molecule has 2 N–H and O–H groups in total. The van der Waals surface area contributed by atoms with E-state index in [1.165, 1.54) is 11.1 Å². The van der Waals surface area contributed by atoms with Crippen LogP contribution in [0.2, 0.25) is 0 Å². The highest BCUT2D eigenvalue weighted by Crippen LogP contribution is 2.21. The molecule has 2 aromatic carbocycles. The van der Waals surface area contributed by atoms with Gasteiger partial charge in [0.1, 0.15) is 5.75 Å². The number of aromatic nitrogens is 2. The monoisotopic (exact) mass is 368 g/mol. The lowest BCUT2D eigenvalue weighted by atomic mass is 10.1. The van der Waals surface area contributed by atoms with Crippen molar-refractivity contribution in [1.29, 1.82) is 0 Å². The molecule has 7 heteroatoms. The van der Waals surface area contributed by atoms with Gasteiger partial charge in [-0.1, -0.05) is 23.4 Å². The molecule has 0 aliphatic carbocycles. The first-order valence-electron chi connectivity index (χ1n) is 8.13. The van der Waals surface area contributed by atoms with Crippen LogP contribution in [-0.2, 0) is 6.54 Å². The summed E-state index contributed by atoms with van der Waals surface area (Å²) >= 11 is 5.33. The maximum atomic E-state index is 5.33. The van der Waals surface area contributed by atoms with Crippen LogP contribution in [0.15, 0.2) is 47.0 Å². The molecule has 0 atom stereocenters. The molecule has 0 radical (unpaired) electrons. The molecule has 0 amide bonds. The van der Waals surface area contributed by atoms with E-state index in [2.05, 4.69) is 26.8 Å². The molecule has 0 bridgehead atoms. The number of ether oxygens (including phenoxy) is 1. The fourth-order valence-electron chi connectivity index (χ4n) is 2.58. The summed E-state index contributed by atoms with van der Waals surface area (Å²) < 4.78 is 10.5. The SMILES string of the molecule is COc1cccc(-c2noc(CNC(=S)Nc3cc(C)cc(C)c3)n2)c1. The Bertz CT molecular complexity index is 903. The standard InChI is InChI=1S/C19H20N4O2S/c1-12-7-13(2)9-15(8-12)21-19(26)20-11-17-22-18(23-25-17)14-5-4-6-16(10-14)24-3/h4-10H,11H2,1-3H3,(H2,20,21,26). The normalized spacial score (nSPS) is 10.4. The first kappa shape index (κ1) is 17.9. The maximum absolute atomic E-state index is 5.33. The van der Waals surface area contributed by atoms with E-state index in [1.807, 2.05) is 50.2 Å². The van der Waals surface area contributed by atoms with Crippen molar-refractivity contribution in [3.63, 3.8) is 0 Å². The molecule has 0 saturated heterocycles. The maximum Gasteiger partial charge on any atom is 0.246 e. The quantitative estimate of drug-likeness (QED) is 0.663. The number of anilines is 1. The van der Waals surface area contributed by atoms with Crippen molar-refractivity contribution < 1.29 is 9.26 Å². The molecular formula is C19H20N4O2S. The smallest absolute Gasteiger partial charge is 0.246 e. The third kappa shape index (κ3) is 4.58. The van der Waals surface area contributed by atoms with Crippen LogP contribution in [-0.4, -0.2) is 22.4 Å². The van der Waals surface area contributed by atoms with Crippen molar-refractivity contribution in [3.8, 4) is 17.1 Å². The second kappa shape index (κ2) is 7.97. The summed E-state index contributed by atoms with van der Waals surface area (Å²) in [5, 5.41) is 10.7. The zero-order valence-electron chi connectivity index (χ0n) is 14.9. The van der Waals surface area contributed by atoms with Crippen molar-refractivity contribution >= 4 is 23.0 Å². The summed E-state index contributed by atoms with van der Waals surface area (Å²) in [5.41, 5.74) is 4.13. The summed E-state index contributed by atoms with van der Waals surface area (Å²) in [6.07, 6.45) is 0. The number of benzene rings is 2. The van der Waals surface area contributed by atoms with Crippen LogP contribution in [0.1, 0.15) is 17.0 Å². The van der Waals surface area contributed by atoms with Gasteiger partial charge in [-0.25, -0.2) is 0 Å². The van der Waals surface area contributed by atoms with Crippen LogP contribution in [0.25, 0.3) is 11.4 Å². The van der Waals surface area contributed by atoms with Crippen LogP contribution in [0.5, 0.6) is 5.75 Å². The van der Waals surface area contributed by atoms with E-state index in [0.717, 1.165) is 17.0 Å². The fraction of sp³-hybridized carbons (Fsp3) is 0.211. The summed E-state index contributed by atoms with van der Waals surface area (Å²) in [5.74, 6) is 1.70. The van der Waals surface area contributed by atoms with Crippen LogP contribution < -0.4 is 15.4 Å². The van der Waals surface area contributed by atoms with Crippen LogP contribution >= 0.6 is 12.2 Å². The average Bonchev–Trinajstić information content (AvgIpc) is 3.08. The van der Waals surface area contributed by atoms with Gasteiger partial charge in [0.2, 0.25) is 11.7 Å². The highest BCUT2D eigenvalue weighted by atomic mass is 32.1. The number of thiocarbonyl (C=S) groups is 1. The zero-order valence-corrected chi connectivity index (χ0v) is 15.7. The minimum atomic E-state index is 0.341. The fourth-order valence-corrected chi connectivity index (χ4v) is 2.77. The Labute approximate surface area is 157 Å². The largest absolute Gasteiger partial charge is 0.497 e. The molecule has 26 heavy (non-hydrogen) atoms. The highest BCUT2D eigenvalue weighted by molar-refractivity contribution is 7.80. The number of nitrogens with zero attached hydrogens (tertiary/aromatic N) is 2. The van der Waals surface area contributed by atoms with E-state index < -0.39 is 0 Å². The van der Waals surface area contributed by atoms with Crippen molar-refractivity contribution in [2.75, 3.05) is 12.4 Å². The van der Waals surface area contributed by atoms with Gasteiger partial charge in [-0.05, 0) is 61.5 Å². The number of methoxy groups -OCH3 is 1. The predicted molar refractivity (Wildman–Crippen MR) is 105 cm³/mol. The minimum absolute atomic E-state index is 0.341. The van der Waals surface area contributed by atoms with Gasteiger partial charge in [-0.15, -0.1) is 0 Å². The number of nitrogens with one attached hydrogen (secondary N) is 2. The van der Waals surface area contributed by atoms with E-state index in [1.54, 1.807) is 7.11 Å². The van der Waals surface area contributed by atoms with E-state index in [4.69, 9.17) is 21.5 Å². The van der Waals surface area contributed by atoms with E-state index >= 15 is 0 Å². The first-order valence-corrected chi connectivity index (χ1v) is 8.54. The zero-order chi connectivity index (χ0) is 18.5. The number of rotatable bonds is 5. The van der Waals surface area contributed by atoms with E-state index in [9.17, 15) is 0 Å². The number of hydrogen-bond donors (Lipinski definition) is 2. The molecule has 3 aromatic rings. The number of hydrogen-bond acceptors (Lipinski definition) is 5. The average molecular weight is 368 g/mol. The molecular weight excluding hydrogens is 348 g/mol. The third-order valence-corrected chi connectivity index (χ3v) is 3.92. The Morgan fingerprint density at radius 1 is 1.15 bits per heavy atom. The molecule has 1 heterocycles. The summed E-state index contributed by atoms with van der Waals surface area (Å²) in [7, 11) is 1.62. The van der Waals surface area contributed by atoms with Gasteiger partial charge in [0.25, 0.3) is 0 Å². The third-order valence-electron chi connectivity index (χ3n) is 3.68. The molecule has 0 saturated carbocycles. The Hall–Kier alpha value is -2.93. The molecule has 0 spiro atoms. The Balaban J connectivity index is 1.59. The molecule has 0 unspecified atom stereocenters. The van der Waals surface area contributed by atoms with Crippen molar-refractivity contribution in [1.82, 2.24) is 15.5 Å². The van der Waals surface area contributed by atoms with Gasteiger partial charge < -0.3 is 19.9 Å². The summed E-state index contributed by atoms with van der Waals surface area (Å²) in [4.78, 5) is 4.38. The topological polar surface area (TPSA) is 72.2 Å². The van der Waals surface area contributed by atoms with Crippen molar-refractivity contribution in [3.05, 3.63) is 59.5 Å². The number of aryl methyl sites for hydroxylation is 2. The molecule has 0 aliphatic heterocycles. The van der Waals surface area contributed by atoms with E-state index in [-0.39, 0.29) is 0 Å². The summed E-state index contributed by atoms with van der Waals surface area (Å²) in [6.45, 7) is 4.44. The lowest BCUT2D eigenvalue weighted by Crippen LogP contribution is -2.28. The van der Waals surface area contributed by atoms with Crippen LogP contribution in [0, 0.1) is 13.8 Å². The first-order chi connectivity index (χ1) is 12.5. The van der Waals surface area contributed by atoms with Crippen LogP contribution in [0.4, 0.5) is 5.69 Å². The highest BCUT2D eigenvalue weighted by Gasteiger charge is 2.10. The van der Waals surface area contributed by atoms with Gasteiger partial charge >= 0.3 is 0 Å². The molecule has 0 aliphatic rings. The van der Waals surface area contributed by atoms with Gasteiger partial charge in [0.05, 0.1) is 13.7 Å². The predicted octanol–water partition coefficient (Wildman–Crippen LogP) is 3.85. The molecule has 6 nitrogen and oxygen atoms in total. The summed E-state index contributed by atoms with van der Waals surface area (Å²) in [6, 6.07) is 13.7. The lowest BCUT2D eigenvalue weighted by Gasteiger charge is -2.10. The Morgan fingerprint density at radius 3 is 2.65 bits per heavy atom. The molecule has 0 fully saturated rings. The molecule has 134 valence electrons. The van der Waals surface area contributed by atoms with Gasteiger partial charge in [0.15, 0.2) is 5.11 Å². The minimum Gasteiger partial charge on any atom is -0.497 e. The van der Waals surface area contributed by atoms with E-state index in [0.29, 0.717) is 23.4 Å². The second-order valence-corrected chi connectivity index (χ2v) is 6.34. The van der Waals surface area contributed by atoms with Crippen molar-refractivity contribution in [2.24, 2.45) is 0 Å². The van der Waals surface area contributed by atoms with Gasteiger partial charge in [-0.2, -0.15) is 4.98 Å². The lowest BCUT2D eigenvalue weighted by molar-refractivity contribution is 0.376. The van der Waals surface area contributed by atoms with Gasteiger partial charge in [0, 0.05) is 11.3 Å². The molecule has 1 aromatic heterocycles. The van der Waals surface area contributed by atoms with Gasteiger partial charge in [-0.3, -0.25) is 0 Å².